The van der Waals surface area contributed by atoms with Gasteiger partial charge in [-0.25, -0.2) is 4.39 Å². The number of nitrogens with two attached hydrogens (primary N) is 2. The van der Waals surface area contributed by atoms with Crippen LogP contribution >= 0.6 is 0 Å². The zero-order valence-corrected chi connectivity index (χ0v) is 18.4. The van der Waals surface area contributed by atoms with Gasteiger partial charge in [0.05, 0.1) is 24.6 Å². The lowest BCUT2D eigenvalue weighted by Gasteiger charge is -2.39. The summed E-state index contributed by atoms with van der Waals surface area (Å²) in [5.41, 5.74) is 12.5. The Balaban J connectivity index is 1.53. The van der Waals surface area contributed by atoms with Gasteiger partial charge in [-0.2, -0.15) is 0 Å². The smallest absolute Gasteiger partial charge is 0.275 e. The quantitative estimate of drug-likeness (QED) is 0.413. The Morgan fingerprint density at radius 1 is 1.29 bits per heavy atom. The second-order valence-electron chi connectivity index (χ2n) is 8.28. The lowest BCUT2D eigenvalue weighted by atomic mass is 9.82. The van der Waals surface area contributed by atoms with Gasteiger partial charge in [-0.1, -0.05) is 16.9 Å². The molecule has 3 unspecified atom stereocenters. The van der Waals surface area contributed by atoms with Gasteiger partial charge in [0.2, 0.25) is 0 Å². The maximum absolute atomic E-state index is 13.5. The number of halogens is 2. The topological polar surface area (TPSA) is 99.6 Å². The molecule has 5 N–H and O–H groups in total. The van der Waals surface area contributed by atoms with Crippen molar-refractivity contribution >= 4 is 11.7 Å². The molecule has 172 valence electrons. The number of nitrogens with zero attached hydrogens (tertiary/aromatic N) is 1. The normalized spacial score (nSPS) is 28.7. The highest BCUT2D eigenvalue weighted by atomic mass is 32.3. The van der Waals surface area contributed by atoms with Crippen molar-refractivity contribution in [2.24, 2.45) is 17.4 Å². The molecule has 2 aliphatic rings. The molecule has 9 heteroatoms. The largest absolute Gasteiger partial charge is 0.561 e. The highest BCUT2D eigenvalue weighted by Crippen LogP contribution is 2.34. The van der Waals surface area contributed by atoms with E-state index in [-0.39, 0.29) is 23.9 Å². The Bertz CT molecular complexity index is 757. The maximum Gasteiger partial charge on any atom is 0.275 e. The molecule has 1 saturated heterocycles. The third kappa shape index (κ3) is 7.10. The molecule has 3 rings (SSSR count). The van der Waals surface area contributed by atoms with Crippen LogP contribution in [0.4, 0.5) is 8.28 Å². The number of likely N-dealkylation sites (tertiary alicyclic amines) is 1. The van der Waals surface area contributed by atoms with E-state index in [1.54, 1.807) is 24.3 Å². The number of allylic oxidation sites excluding steroid dienone is 2. The van der Waals surface area contributed by atoms with Gasteiger partial charge in [-0.05, 0) is 74.1 Å². The molecular formula is C22H32F2N4O2S. The van der Waals surface area contributed by atoms with Crippen molar-refractivity contribution < 1.29 is 17.6 Å². The first-order valence-corrected chi connectivity index (χ1v) is 11.8. The van der Waals surface area contributed by atoms with Gasteiger partial charge in [-0.3, -0.25) is 0 Å². The molecule has 0 bridgehead atoms. The molecular weight excluding hydrogens is 422 g/mol. The Kier molecular flexibility index (Phi) is 9.01. The number of rotatable bonds is 8. The molecule has 3 atom stereocenters. The summed E-state index contributed by atoms with van der Waals surface area (Å²) in [5.74, 6) is 0.687. The van der Waals surface area contributed by atoms with E-state index in [0.717, 1.165) is 31.2 Å². The van der Waals surface area contributed by atoms with Gasteiger partial charge in [0.15, 0.2) is 0 Å². The van der Waals surface area contributed by atoms with Crippen molar-refractivity contribution in [3.05, 3.63) is 59.8 Å². The van der Waals surface area contributed by atoms with E-state index in [0.29, 0.717) is 37.9 Å². The van der Waals surface area contributed by atoms with Crippen LogP contribution in [-0.2, 0) is 16.5 Å². The van der Waals surface area contributed by atoms with E-state index in [1.165, 1.54) is 12.3 Å². The van der Waals surface area contributed by atoms with Crippen LogP contribution in [0, 0.1) is 11.7 Å². The number of hydrogen-bond donors (Lipinski definition) is 3. The molecule has 1 saturated carbocycles. The number of nitrogens with one attached hydrogen (secondary N) is 1. The fourth-order valence-corrected chi connectivity index (χ4v) is 5.10. The third-order valence-corrected chi connectivity index (χ3v) is 6.75. The van der Waals surface area contributed by atoms with Crippen LogP contribution in [0.5, 0.6) is 0 Å². The zero-order chi connectivity index (χ0) is 22.2. The molecule has 31 heavy (non-hydrogen) atoms. The summed E-state index contributed by atoms with van der Waals surface area (Å²) in [6.45, 7) is 1.64. The summed E-state index contributed by atoms with van der Waals surface area (Å²) in [7, 11) is 0. The second kappa shape index (κ2) is 11.7. The highest BCUT2D eigenvalue weighted by Gasteiger charge is 2.34. The molecule has 0 radical (unpaired) electrons. The monoisotopic (exact) mass is 454 g/mol. The predicted octanol–water partition coefficient (Wildman–Crippen LogP) is 2.97. The van der Waals surface area contributed by atoms with Gasteiger partial charge in [0.25, 0.3) is 11.7 Å². The first kappa shape index (κ1) is 23.8. The summed E-state index contributed by atoms with van der Waals surface area (Å²) < 4.78 is 46.5. The minimum atomic E-state index is -2.58. The number of benzene rings is 1. The molecule has 0 spiro atoms. The maximum atomic E-state index is 13.5. The molecule has 0 amide bonds. The van der Waals surface area contributed by atoms with Gasteiger partial charge in [0.1, 0.15) is 5.82 Å². The van der Waals surface area contributed by atoms with Crippen molar-refractivity contribution in [1.82, 2.24) is 9.62 Å². The van der Waals surface area contributed by atoms with Gasteiger partial charge < -0.3 is 25.7 Å². The third-order valence-electron chi connectivity index (χ3n) is 6.26. The van der Waals surface area contributed by atoms with Gasteiger partial charge in [-0.15, -0.1) is 0 Å². The van der Waals surface area contributed by atoms with Crippen molar-refractivity contribution in [3.63, 3.8) is 0 Å². The predicted molar refractivity (Wildman–Crippen MR) is 119 cm³/mol. The van der Waals surface area contributed by atoms with Crippen molar-refractivity contribution in [2.75, 3.05) is 19.7 Å². The van der Waals surface area contributed by atoms with Crippen LogP contribution < -0.4 is 16.2 Å². The average Bonchev–Trinajstić information content (AvgIpc) is 2.76. The van der Waals surface area contributed by atoms with Gasteiger partial charge >= 0.3 is 0 Å². The molecule has 1 aliphatic heterocycles. The van der Waals surface area contributed by atoms with Crippen LogP contribution in [0.15, 0.2) is 48.4 Å². The van der Waals surface area contributed by atoms with Crippen LogP contribution in [0.3, 0.4) is 0 Å². The first-order chi connectivity index (χ1) is 15.0. The fraction of sp³-hybridized carbons (Fsp3) is 0.545. The van der Waals surface area contributed by atoms with Crippen molar-refractivity contribution in [3.8, 4) is 0 Å². The minimum absolute atomic E-state index is 0.0526. The number of ether oxygens (including phenoxy) is 1. The van der Waals surface area contributed by atoms with E-state index in [1.807, 2.05) is 11.0 Å². The highest BCUT2D eigenvalue weighted by molar-refractivity contribution is 7.84. The Morgan fingerprint density at radius 2 is 2.06 bits per heavy atom. The Morgan fingerprint density at radius 3 is 2.74 bits per heavy atom. The fourth-order valence-electron chi connectivity index (χ4n) is 4.55. The summed E-state index contributed by atoms with van der Waals surface area (Å²) in [4.78, 5) is 2.01. The lowest BCUT2D eigenvalue weighted by molar-refractivity contribution is -0.0138. The average molecular weight is 455 g/mol. The zero-order valence-electron chi connectivity index (χ0n) is 17.6. The second-order valence-corrected chi connectivity index (χ2v) is 8.96. The minimum Gasteiger partial charge on any atom is -0.561 e. The summed E-state index contributed by atoms with van der Waals surface area (Å²) in [6, 6.07) is 6.58. The van der Waals surface area contributed by atoms with Crippen LogP contribution in [0.25, 0.3) is 0 Å². The number of hydrogen-bond acceptors (Lipinski definition) is 6. The first-order valence-electron chi connectivity index (χ1n) is 10.8. The SMILES string of the molecule is N/C=C\C=C(/N)N1CCC(N[S+]([O-])F)C(CO[C@H]2CC[C@@H](c3cccc(F)c3)CC2)C1. The van der Waals surface area contributed by atoms with Crippen LogP contribution in [0.2, 0.25) is 0 Å². The summed E-state index contributed by atoms with van der Waals surface area (Å²) in [6.07, 6.45) is 9.22. The lowest BCUT2D eigenvalue weighted by Crippen LogP contribution is -2.52. The Labute approximate surface area is 186 Å². The standard InChI is InChI=1S/C22H32F2N4O2S/c23-19-4-1-3-17(13-19)16-6-8-20(9-7-16)30-15-18-14-28(22(26)5-2-11-25)12-10-21(18)27-31(24)29/h1-5,11,13,16,18,20-21,27H,6-10,12,14-15,25-26H2/b11-2-,22-5+/t16-,18?,20+,21?,31?. The Hall–Kier alpha value is -1.81. The molecule has 2 fully saturated rings. The van der Waals surface area contributed by atoms with Crippen LogP contribution in [0.1, 0.15) is 43.6 Å². The van der Waals surface area contributed by atoms with Crippen molar-refractivity contribution in [1.29, 1.82) is 0 Å². The molecule has 1 heterocycles. The molecule has 0 aromatic heterocycles. The molecule has 1 aromatic carbocycles. The van der Waals surface area contributed by atoms with E-state index >= 15 is 0 Å². The van der Waals surface area contributed by atoms with Crippen LogP contribution in [-0.4, -0.2) is 41.3 Å². The van der Waals surface area contributed by atoms with E-state index < -0.39 is 11.7 Å². The van der Waals surface area contributed by atoms with Crippen molar-refractivity contribution in [2.45, 2.75) is 50.2 Å². The summed E-state index contributed by atoms with van der Waals surface area (Å²) in [5, 5.41) is 0. The van der Waals surface area contributed by atoms with Gasteiger partial charge in [0, 0.05) is 22.9 Å². The molecule has 1 aromatic rings. The molecule has 1 aliphatic carbocycles. The number of piperidine rings is 1. The van der Waals surface area contributed by atoms with E-state index in [2.05, 4.69) is 4.72 Å². The van der Waals surface area contributed by atoms with E-state index in [4.69, 9.17) is 16.2 Å². The molecule has 6 nitrogen and oxygen atoms in total. The summed E-state index contributed by atoms with van der Waals surface area (Å²) >= 11 is -2.58. The van der Waals surface area contributed by atoms with E-state index in [9.17, 15) is 12.8 Å².